The Kier molecular flexibility index (Phi) is 5.39. The summed E-state index contributed by atoms with van der Waals surface area (Å²) in [6.45, 7) is 3.32. The Morgan fingerprint density at radius 1 is 1.38 bits per heavy atom. The average Bonchev–Trinajstić information content (AvgIpc) is 2.37. The van der Waals surface area contributed by atoms with Gasteiger partial charge in [-0.05, 0) is 12.0 Å². The fourth-order valence-corrected chi connectivity index (χ4v) is 3.26. The van der Waals surface area contributed by atoms with Gasteiger partial charge < -0.3 is 5.11 Å². The van der Waals surface area contributed by atoms with Gasteiger partial charge in [0, 0.05) is 12.1 Å². The molecule has 1 aromatic rings. The number of hydrogen-bond acceptors (Lipinski definition) is 5. The van der Waals surface area contributed by atoms with Gasteiger partial charge >= 0.3 is 5.97 Å². The molecule has 2 N–H and O–H groups in total. The number of rotatable bonds is 7. The van der Waals surface area contributed by atoms with Crippen LogP contribution < -0.4 is 4.72 Å². The number of hydrogen-bond donors (Lipinski definition) is 2. The summed E-state index contributed by atoms with van der Waals surface area (Å²) in [5.74, 6) is -1.43. The van der Waals surface area contributed by atoms with Crippen molar-refractivity contribution in [3.8, 4) is 0 Å². The monoisotopic (exact) mass is 316 g/mol. The first-order chi connectivity index (χ1) is 9.65. The van der Waals surface area contributed by atoms with Crippen molar-refractivity contribution in [1.29, 1.82) is 0 Å². The second-order valence-electron chi connectivity index (χ2n) is 4.79. The lowest BCUT2D eigenvalue weighted by Gasteiger charge is -2.20. The maximum absolute atomic E-state index is 12.2. The Bertz CT molecular complexity index is 641. The summed E-state index contributed by atoms with van der Waals surface area (Å²) in [5, 5.41) is 19.7. The number of nitro benzene ring substituents is 1. The molecule has 0 heterocycles. The van der Waals surface area contributed by atoms with E-state index in [9.17, 15) is 23.3 Å². The Hall–Kier alpha value is -2.00. The number of aliphatic carboxylic acids is 1. The van der Waals surface area contributed by atoms with Gasteiger partial charge in [-0.2, -0.15) is 0 Å². The summed E-state index contributed by atoms with van der Waals surface area (Å²) in [6.07, 6.45) is -0.405. The highest BCUT2D eigenvalue weighted by atomic mass is 32.2. The van der Waals surface area contributed by atoms with Crippen molar-refractivity contribution in [3.63, 3.8) is 0 Å². The van der Waals surface area contributed by atoms with Crippen LogP contribution in [0.15, 0.2) is 29.2 Å². The van der Waals surface area contributed by atoms with E-state index in [4.69, 9.17) is 5.11 Å². The third-order valence-corrected chi connectivity index (χ3v) is 4.39. The number of carboxylic acid groups (broad SMARTS) is 1. The van der Waals surface area contributed by atoms with Crippen LogP contribution in [0, 0.1) is 16.0 Å². The van der Waals surface area contributed by atoms with E-state index in [1.165, 1.54) is 12.1 Å². The van der Waals surface area contributed by atoms with Crippen molar-refractivity contribution in [3.05, 3.63) is 34.4 Å². The number of carbonyl (C=O) groups is 1. The van der Waals surface area contributed by atoms with E-state index >= 15 is 0 Å². The fourth-order valence-electron chi connectivity index (χ4n) is 1.70. The average molecular weight is 316 g/mol. The quantitative estimate of drug-likeness (QED) is 0.578. The minimum Gasteiger partial charge on any atom is -0.481 e. The zero-order chi connectivity index (χ0) is 16.2. The van der Waals surface area contributed by atoms with Gasteiger partial charge in [0.2, 0.25) is 10.0 Å². The van der Waals surface area contributed by atoms with Crippen LogP contribution in [0.25, 0.3) is 0 Å². The Morgan fingerprint density at radius 2 is 1.95 bits per heavy atom. The van der Waals surface area contributed by atoms with Crippen molar-refractivity contribution >= 4 is 21.7 Å². The van der Waals surface area contributed by atoms with E-state index in [-0.39, 0.29) is 5.92 Å². The third-order valence-electron chi connectivity index (χ3n) is 2.86. The van der Waals surface area contributed by atoms with Gasteiger partial charge in [-0.1, -0.05) is 26.0 Å². The van der Waals surface area contributed by atoms with Crippen molar-refractivity contribution in [2.24, 2.45) is 5.92 Å². The lowest BCUT2D eigenvalue weighted by atomic mass is 10.0. The summed E-state index contributed by atoms with van der Waals surface area (Å²) in [7, 11) is -4.18. The summed E-state index contributed by atoms with van der Waals surface area (Å²) in [5.41, 5.74) is -0.553. The van der Waals surface area contributed by atoms with E-state index in [1.807, 2.05) is 0 Å². The summed E-state index contributed by atoms with van der Waals surface area (Å²) >= 11 is 0. The van der Waals surface area contributed by atoms with Gasteiger partial charge in [-0.3, -0.25) is 14.9 Å². The molecule has 0 aromatic heterocycles. The molecule has 0 aliphatic rings. The molecule has 0 spiro atoms. The van der Waals surface area contributed by atoms with Crippen LogP contribution >= 0.6 is 0 Å². The number of sulfonamides is 1. The van der Waals surface area contributed by atoms with E-state index in [2.05, 4.69) is 4.72 Å². The zero-order valence-electron chi connectivity index (χ0n) is 11.5. The molecular weight excluding hydrogens is 300 g/mol. The molecule has 1 atom stereocenters. The molecule has 21 heavy (non-hydrogen) atoms. The molecule has 0 saturated heterocycles. The molecule has 1 aromatic carbocycles. The predicted molar refractivity (Wildman–Crippen MR) is 74.3 cm³/mol. The van der Waals surface area contributed by atoms with Gasteiger partial charge in [0.25, 0.3) is 5.69 Å². The number of nitrogens with one attached hydrogen (secondary N) is 1. The number of para-hydroxylation sites is 1. The van der Waals surface area contributed by atoms with Gasteiger partial charge in [0.15, 0.2) is 4.90 Å². The normalized spacial score (nSPS) is 13.1. The SMILES string of the molecule is CC(C)C(CC(=O)O)NS(=O)(=O)c1ccccc1[N+](=O)[O-]. The first kappa shape index (κ1) is 17.1. The Morgan fingerprint density at radius 3 is 2.43 bits per heavy atom. The second-order valence-corrected chi connectivity index (χ2v) is 6.48. The first-order valence-corrected chi connectivity index (χ1v) is 7.61. The second kappa shape index (κ2) is 6.64. The maximum atomic E-state index is 12.2. The molecule has 0 saturated carbocycles. The molecule has 116 valence electrons. The lowest BCUT2D eigenvalue weighted by Crippen LogP contribution is -2.40. The molecule has 0 amide bonds. The molecule has 0 aliphatic carbocycles. The highest BCUT2D eigenvalue weighted by molar-refractivity contribution is 7.89. The smallest absolute Gasteiger partial charge is 0.304 e. The standard InChI is InChI=1S/C12H16N2O6S/c1-8(2)9(7-12(15)16)13-21(19,20)11-6-4-3-5-10(11)14(17)18/h3-6,8-9,13H,7H2,1-2H3,(H,15,16). The highest BCUT2D eigenvalue weighted by Gasteiger charge is 2.29. The topological polar surface area (TPSA) is 127 Å². The van der Waals surface area contributed by atoms with E-state index < -0.39 is 44.0 Å². The third kappa shape index (κ3) is 4.50. The van der Waals surface area contributed by atoms with Crippen LogP contribution in [0.4, 0.5) is 5.69 Å². The van der Waals surface area contributed by atoms with Crippen molar-refractivity contribution in [2.45, 2.75) is 31.2 Å². The molecule has 0 bridgehead atoms. The molecule has 0 aliphatic heterocycles. The molecule has 9 heteroatoms. The molecule has 8 nitrogen and oxygen atoms in total. The summed E-state index contributed by atoms with van der Waals surface area (Å²) < 4.78 is 26.7. The molecule has 0 radical (unpaired) electrons. The largest absolute Gasteiger partial charge is 0.481 e. The minimum atomic E-state index is -4.18. The number of carboxylic acids is 1. The van der Waals surface area contributed by atoms with Crippen LogP contribution in [0.2, 0.25) is 0 Å². The van der Waals surface area contributed by atoms with E-state index in [1.54, 1.807) is 13.8 Å². The van der Waals surface area contributed by atoms with Crippen LogP contribution in [0.1, 0.15) is 20.3 Å². The summed E-state index contributed by atoms with van der Waals surface area (Å²) in [4.78, 5) is 20.4. The highest BCUT2D eigenvalue weighted by Crippen LogP contribution is 2.23. The Balaban J connectivity index is 3.16. The zero-order valence-corrected chi connectivity index (χ0v) is 12.3. The van der Waals surface area contributed by atoms with Gasteiger partial charge in [-0.25, -0.2) is 13.1 Å². The van der Waals surface area contributed by atoms with Gasteiger partial charge in [0.05, 0.1) is 11.3 Å². The van der Waals surface area contributed by atoms with Crippen LogP contribution in [-0.2, 0) is 14.8 Å². The molecule has 0 fully saturated rings. The van der Waals surface area contributed by atoms with Crippen molar-refractivity contribution in [2.75, 3.05) is 0 Å². The number of nitro groups is 1. The van der Waals surface area contributed by atoms with Crippen LogP contribution in [0.3, 0.4) is 0 Å². The van der Waals surface area contributed by atoms with E-state index in [0.717, 1.165) is 12.1 Å². The van der Waals surface area contributed by atoms with Crippen LogP contribution in [-0.4, -0.2) is 30.5 Å². The molecular formula is C12H16N2O6S. The fraction of sp³-hybridized carbons (Fsp3) is 0.417. The Labute approximate surface area is 122 Å². The van der Waals surface area contributed by atoms with E-state index in [0.29, 0.717) is 0 Å². The summed E-state index contributed by atoms with van der Waals surface area (Å²) in [6, 6.07) is 4.05. The lowest BCUT2D eigenvalue weighted by molar-refractivity contribution is -0.387. The van der Waals surface area contributed by atoms with Crippen molar-refractivity contribution in [1.82, 2.24) is 4.72 Å². The first-order valence-electron chi connectivity index (χ1n) is 6.12. The van der Waals surface area contributed by atoms with Crippen molar-refractivity contribution < 1.29 is 23.2 Å². The van der Waals surface area contributed by atoms with Gasteiger partial charge in [0.1, 0.15) is 0 Å². The maximum Gasteiger partial charge on any atom is 0.304 e. The predicted octanol–water partition coefficient (Wildman–Crippen LogP) is 1.37. The van der Waals surface area contributed by atoms with Gasteiger partial charge in [-0.15, -0.1) is 0 Å². The van der Waals surface area contributed by atoms with Crippen LogP contribution in [0.5, 0.6) is 0 Å². The minimum absolute atomic E-state index is 0.279. The molecule has 1 unspecified atom stereocenters. The number of nitrogens with zero attached hydrogens (tertiary/aromatic N) is 1. The molecule has 1 rings (SSSR count). The number of benzene rings is 1.